The van der Waals surface area contributed by atoms with Gasteiger partial charge in [-0.1, -0.05) is 48.0 Å². The maximum atomic E-state index is 13.8. The van der Waals surface area contributed by atoms with Gasteiger partial charge >= 0.3 is 0 Å². The van der Waals surface area contributed by atoms with Crippen LogP contribution in [0, 0.1) is 10.8 Å². The van der Waals surface area contributed by atoms with Crippen molar-refractivity contribution in [3.8, 4) is 11.3 Å². The fourth-order valence-corrected chi connectivity index (χ4v) is 6.45. The number of nitrogens with two attached hydrogens (primary N) is 2. The number of carbonyl (C=O) groups excluding carboxylic acids is 1. The van der Waals surface area contributed by atoms with Gasteiger partial charge in [-0.05, 0) is 74.6 Å². The molecule has 0 saturated heterocycles. The van der Waals surface area contributed by atoms with Crippen LogP contribution >= 0.6 is 11.6 Å². The fourth-order valence-electron chi connectivity index (χ4n) is 6.20. The topological polar surface area (TPSA) is 138 Å². The van der Waals surface area contributed by atoms with E-state index in [0.29, 0.717) is 35.5 Å². The van der Waals surface area contributed by atoms with Crippen molar-refractivity contribution in [3.05, 3.63) is 65.1 Å². The quantitative estimate of drug-likeness (QED) is 0.237. The molecule has 2 aromatic carbocycles. The molecule has 2 bridgehead atoms. The van der Waals surface area contributed by atoms with Gasteiger partial charge in [-0.25, -0.2) is 4.98 Å². The zero-order valence-corrected chi connectivity index (χ0v) is 21.4. The predicted molar refractivity (Wildman–Crippen MR) is 146 cm³/mol. The number of amides is 1. The zero-order chi connectivity index (χ0) is 25.6. The third-order valence-electron chi connectivity index (χ3n) is 8.78. The Morgan fingerprint density at radius 2 is 1.81 bits per heavy atom. The fraction of sp³-hybridized carbons (Fsp3) is 0.393. The predicted octanol–water partition coefficient (Wildman–Crippen LogP) is 4.89. The molecule has 2 aromatic heterocycles. The molecular weight excluding hydrogens is 486 g/mol. The molecule has 0 radical (unpaired) electrons. The summed E-state index contributed by atoms with van der Waals surface area (Å²) in [6, 6.07) is 15.6. The number of hydrogen-bond acceptors (Lipinski definition) is 5. The molecule has 7 rings (SSSR count). The third-order valence-corrected chi connectivity index (χ3v) is 9.05. The van der Waals surface area contributed by atoms with Gasteiger partial charge in [0.2, 0.25) is 5.91 Å². The van der Waals surface area contributed by atoms with Gasteiger partial charge in [0.1, 0.15) is 16.7 Å². The minimum atomic E-state index is -0.342. The number of carbonyl (C=O) groups is 1. The van der Waals surface area contributed by atoms with Crippen molar-refractivity contribution in [2.75, 3.05) is 12.3 Å². The van der Waals surface area contributed by atoms with Crippen molar-refractivity contribution in [2.24, 2.45) is 16.6 Å². The number of hydrogen-bond donors (Lipinski definition) is 5. The number of nitrogens with one attached hydrogen (secondary N) is 3. The lowest BCUT2D eigenvalue weighted by Gasteiger charge is -2.52. The Kier molecular flexibility index (Phi) is 5.96. The van der Waals surface area contributed by atoms with Crippen LogP contribution in [-0.2, 0) is 11.2 Å². The number of rotatable bonds is 7. The van der Waals surface area contributed by atoms with E-state index < -0.39 is 0 Å². The molecule has 7 N–H and O–H groups in total. The first kappa shape index (κ1) is 24.0. The molecule has 37 heavy (non-hydrogen) atoms. The van der Waals surface area contributed by atoms with Crippen LogP contribution in [0.25, 0.3) is 22.2 Å². The molecule has 9 heteroatoms. The van der Waals surface area contributed by atoms with E-state index in [9.17, 15) is 4.79 Å². The van der Waals surface area contributed by atoms with E-state index in [1.165, 1.54) is 0 Å². The van der Waals surface area contributed by atoms with Gasteiger partial charge in [0, 0.05) is 16.4 Å². The van der Waals surface area contributed by atoms with Gasteiger partial charge in [0.15, 0.2) is 5.82 Å². The van der Waals surface area contributed by atoms with Crippen molar-refractivity contribution < 1.29 is 4.79 Å². The number of benzene rings is 2. The first-order valence-corrected chi connectivity index (χ1v) is 13.3. The Hall–Kier alpha value is -3.36. The van der Waals surface area contributed by atoms with Gasteiger partial charge < -0.3 is 21.8 Å². The molecule has 3 fully saturated rings. The Morgan fingerprint density at radius 1 is 1.08 bits per heavy atom. The van der Waals surface area contributed by atoms with Gasteiger partial charge in [-0.3, -0.25) is 9.89 Å². The second-order valence-corrected chi connectivity index (χ2v) is 11.2. The summed E-state index contributed by atoms with van der Waals surface area (Å²) < 4.78 is 0. The highest BCUT2D eigenvalue weighted by Gasteiger charge is 2.52. The minimum absolute atomic E-state index is 0.113. The average Bonchev–Trinajstić information content (AvgIpc) is 3.51. The highest BCUT2D eigenvalue weighted by atomic mass is 35.5. The van der Waals surface area contributed by atoms with Crippen LogP contribution in [0.1, 0.15) is 56.0 Å². The van der Waals surface area contributed by atoms with E-state index in [-0.39, 0.29) is 22.8 Å². The summed E-state index contributed by atoms with van der Waals surface area (Å²) in [5.74, 6) is 1.21. The number of fused-ring (bicyclic) bond motifs is 4. The Balaban J connectivity index is 1.30. The van der Waals surface area contributed by atoms with Crippen LogP contribution in [0.4, 0.5) is 5.82 Å². The molecule has 192 valence electrons. The maximum Gasteiger partial charge on any atom is 0.226 e. The van der Waals surface area contributed by atoms with Crippen LogP contribution in [0.15, 0.2) is 48.5 Å². The normalized spacial score (nSPS) is 23.8. The van der Waals surface area contributed by atoms with Gasteiger partial charge in [0.05, 0.1) is 11.6 Å². The molecule has 0 unspecified atom stereocenters. The molecule has 1 amide bonds. The second-order valence-electron chi connectivity index (χ2n) is 10.9. The van der Waals surface area contributed by atoms with Gasteiger partial charge in [-0.2, -0.15) is 5.10 Å². The van der Waals surface area contributed by atoms with Crippen LogP contribution in [0.2, 0.25) is 5.15 Å². The van der Waals surface area contributed by atoms with Gasteiger partial charge in [0.25, 0.3) is 0 Å². The molecule has 3 aliphatic rings. The smallest absolute Gasteiger partial charge is 0.226 e. The summed E-state index contributed by atoms with van der Waals surface area (Å²) in [5.41, 5.74) is 15.3. The molecule has 3 aliphatic carbocycles. The number of aromatic nitrogens is 4. The lowest BCUT2D eigenvalue weighted by molar-refractivity contribution is -0.141. The monoisotopic (exact) mass is 517 g/mol. The largest absolute Gasteiger partial charge is 0.382 e. The van der Waals surface area contributed by atoms with Crippen molar-refractivity contribution in [1.82, 2.24) is 25.5 Å². The summed E-state index contributed by atoms with van der Waals surface area (Å²) in [6.45, 7) is 0.714. The highest BCUT2D eigenvalue weighted by Crippen LogP contribution is 2.56. The highest BCUT2D eigenvalue weighted by molar-refractivity contribution is 6.32. The number of anilines is 1. The van der Waals surface area contributed by atoms with E-state index >= 15 is 0 Å². The Morgan fingerprint density at radius 3 is 2.51 bits per heavy atom. The maximum absolute atomic E-state index is 13.8. The average molecular weight is 518 g/mol. The number of nitrogen functional groups attached to an aromatic ring is 1. The lowest BCUT2D eigenvalue weighted by Crippen LogP contribution is -2.52. The number of H-pyrrole nitrogens is 2. The first-order chi connectivity index (χ1) is 17.9. The summed E-state index contributed by atoms with van der Waals surface area (Å²) >= 11 is 6.67. The number of nitrogens with zero attached hydrogens (tertiary/aromatic N) is 2. The van der Waals surface area contributed by atoms with E-state index in [0.717, 1.165) is 60.6 Å². The van der Waals surface area contributed by atoms with E-state index in [2.05, 4.69) is 32.6 Å². The molecule has 4 aromatic rings. The van der Waals surface area contributed by atoms with Crippen LogP contribution < -0.4 is 16.8 Å². The number of aromatic amines is 2. The lowest BCUT2D eigenvalue weighted by atomic mass is 9.53. The molecular formula is C28H32ClN7O. The second kappa shape index (κ2) is 9.19. The number of imidazole rings is 1. The minimum Gasteiger partial charge on any atom is -0.382 e. The van der Waals surface area contributed by atoms with Crippen molar-refractivity contribution in [2.45, 2.75) is 51.0 Å². The molecule has 0 spiro atoms. The Bertz CT molecular complexity index is 1420. The molecule has 3 saturated carbocycles. The van der Waals surface area contributed by atoms with E-state index in [1.807, 2.05) is 36.4 Å². The third kappa shape index (κ3) is 4.28. The molecule has 0 aliphatic heterocycles. The molecule has 8 nitrogen and oxygen atoms in total. The summed E-state index contributed by atoms with van der Waals surface area (Å²) in [5, 5.41) is 11.7. The van der Waals surface area contributed by atoms with Crippen LogP contribution in [0.5, 0.6) is 0 Å². The van der Waals surface area contributed by atoms with Gasteiger partial charge in [-0.15, -0.1) is 0 Å². The number of halogens is 1. The Labute approximate surface area is 220 Å². The first-order valence-electron chi connectivity index (χ1n) is 12.9. The molecule has 2 heterocycles. The van der Waals surface area contributed by atoms with Crippen molar-refractivity contribution in [1.29, 1.82) is 0 Å². The summed E-state index contributed by atoms with van der Waals surface area (Å²) in [7, 11) is 0. The van der Waals surface area contributed by atoms with E-state index in [4.69, 9.17) is 28.1 Å². The standard InChI is InChI=1S/C28H32ClN7O/c29-23-22(18-6-7-19-20(15-18)35-36-24(19)31)33-25(34-23)21(14-17-4-2-1-3-5-17)32-26(37)28-11-8-27(16-30,9-12-28)10-13-28/h1-7,15,21H,8-14,16,30H2,(H,32,37)(H,33,34)(H3,31,35,36)/t21-,27?,28?/m0/s1. The summed E-state index contributed by atoms with van der Waals surface area (Å²) in [4.78, 5) is 22.0. The molecule has 1 atom stereocenters. The summed E-state index contributed by atoms with van der Waals surface area (Å²) in [6.07, 6.45) is 6.37. The van der Waals surface area contributed by atoms with Crippen molar-refractivity contribution >= 4 is 34.2 Å². The van der Waals surface area contributed by atoms with Crippen molar-refractivity contribution in [3.63, 3.8) is 0 Å². The van der Waals surface area contributed by atoms with E-state index in [1.54, 1.807) is 0 Å². The van der Waals surface area contributed by atoms with Crippen LogP contribution in [-0.4, -0.2) is 32.6 Å². The van der Waals surface area contributed by atoms with Crippen LogP contribution in [0.3, 0.4) is 0 Å². The zero-order valence-electron chi connectivity index (χ0n) is 20.7. The SMILES string of the molecule is NCC12CCC(C(=O)N[C@@H](Cc3ccccc3)c3nc(-c4ccc5c(N)n[nH]c5c4)c(Cl)[nH]3)(CC1)CC2.